The Kier molecular flexibility index (Phi) is 15.2. The summed E-state index contributed by atoms with van der Waals surface area (Å²) >= 11 is 0. The van der Waals surface area contributed by atoms with Crippen LogP contribution < -0.4 is 20.1 Å². The maximum atomic E-state index is 14.6. The number of amides is 2. The molecular formula is C45H52B2N4O9S. The minimum Gasteiger partial charge on any atom is -0.497 e. The van der Waals surface area contributed by atoms with E-state index in [1.807, 2.05) is 42.5 Å². The number of ketones is 1. The number of sulfone groups is 1. The van der Waals surface area contributed by atoms with Crippen molar-refractivity contribution >= 4 is 59.8 Å². The molecule has 0 bridgehead atoms. The number of methoxy groups -OCH3 is 1. The van der Waals surface area contributed by atoms with Crippen molar-refractivity contribution in [1.82, 2.24) is 20.5 Å². The first-order valence-electron chi connectivity index (χ1n) is 20.0. The SMILES string of the molecule is C=C[C@@H]1C[C@]1(NC(=O)[C@@H]1CC(Oc2cc(-c3ccccc3)nc3cc(OC)ccc23)CN1C(=O)[C@H](CCNC)CC(=O)OC(C)(C)C)C(=O)CS(=O)(=O)c1ccccc1.[B][B]. The van der Waals surface area contributed by atoms with Crippen molar-refractivity contribution in [3.8, 4) is 22.8 Å². The van der Waals surface area contributed by atoms with Crippen LogP contribution in [-0.2, 0) is 33.8 Å². The zero-order chi connectivity index (χ0) is 44.5. The van der Waals surface area contributed by atoms with E-state index in [9.17, 15) is 27.6 Å². The second kappa shape index (κ2) is 19.9. The number of Topliss-reactive ketones (excluding diaryl/α,β-unsaturated/α-hetero) is 1. The smallest absolute Gasteiger partial charge is 0.307 e. The summed E-state index contributed by atoms with van der Waals surface area (Å²) in [6.45, 7) is 9.46. The van der Waals surface area contributed by atoms with Gasteiger partial charge in [-0.1, -0.05) is 54.6 Å². The quantitative estimate of drug-likeness (QED) is 0.0869. The normalized spacial score (nSPS) is 20.1. The fourth-order valence-electron chi connectivity index (χ4n) is 7.58. The molecule has 2 fully saturated rings. The number of nitrogens with one attached hydrogen (secondary N) is 2. The van der Waals surface area contributed by atoms with Gasteiger partial charge < -0.3 is 29.7 Å². The van der Waals surface area contributed by atoms with Gasteiger partial charge >= 0.3 is 5.97 Å². The molecule has 1 aliphatic carbocycles. The molecule has 6 rings (SSSR count). The zero-order valence-electron chi connectivity index (χ0n) is 35.3. The highest BCUT2D eigenvalue weighted by Crippen LogP contribution is 2.46. The third-order valence-electron chi connectivity index (χ3n) is 10.7. The molecule has 2 heterocycles. The van der Waals surface area contributed by atoms with Crippen LogP contribution in [0.15, 0.2) is 102 Å². The molecule has 1 saturated carbocycles. The number of fused-ring (bicyclic) bond motifs is 1. The molecule has 2 amide bonds. The molecule has 0 spiro atoms. The van der Waals surface area contributed by atoms with Gasteiger partial charge in [-0.25, -0.2) is 13.4 Å². The van der Waals surface area contributed by atoms with E-state index in [0.717, 1.165) is 5.56 Å². The van der Waals surface area contributed by atoms with Crippen molar-refractivity contribution in [1.29, 1.82) is 0 Å². The van der Waals surface area contributed by atoms with Gasteiger partial charge in [0.2, 0.25) is 11.8 Å². The van der Waals surface area contributed by atoms with Gasteiger partial charge in [0.25, 0.3) is 0 Å². The Labute approximate surface area is 360 Å². The lowest BCUT2D eigenvalue weighted by Crippen LogP contribution is -2.54. The number of carbonyl (C=O) groups is 4. The standard InChI is InChI=1S/C45H52N4O9S.B2/c1-7-31-26-45(31,40(50)28-59(54,55)34-16-12-9-13-17-34)48-42(52)38-24-33(27-49(38)43(53)30(20-21-46-5)22-41(51)58-44(2,3)4)57-39-25-36(29-14-10-8-11-15-29)47-37-23-32(56-6)18-19-35(37)39;1-2/h7-19,23,25,30-31,33,38,46H,1,20-22,24,26-28H2,2-6H3,(H,48,52);/t30-,31-,33?,38+,45-;/m1./s1. The van der Waals surface area contributed by atoms with Crippen LogP contribution in [0, 0.1) is 11.8 Å². The Balaban J connectivity index is 0.00000347. The summed E-state index contributed by atoms with van der Waals surface area (Å²) in [5.74, 6) is -3.43. The lowest BCUT2D eigenvalue weighted by Gasteiger charge is -2.30. The average Bonchev–Trinajstić information content (AvgIpc) is 3.81. The molecule has 13 nitrogen and oxygen atoms in total. The summed E-state index contributed by atoms with van der Waals surface area (Å²) < 4.78 is 44.4. The predicted molar refractivity (Wildman–Crippen MR) is 235 cm³/mol. The maximum Gasteiger partial charge on any atom is 0.307 e. The number of esters is 1. The number of aromatic nitrogens is 1. The molecule has 1 unspecified atom stereocenters. The Hall–Kier alpha value is -5.47. The summed E-state index contributed by atoms with van der Waals surface area (Å²) in [7, 11) is 7.28. The number of ether oxygens (including phenoxy) is 3. The van der Waals surface area contributed by atoms with Crippen LogP contribution in [0.25, 0.3) is 22.2 Å². The van der Waals surface area contributed by atoms with Crippen LogP contribution in [0.3, 0.4) is 0 Å². The molecule has 1 aromatic heterocycles. The molecule has 1 aliphatic heterocycles. The van der Waals surface area contributed by atoms with E-state index >= 15 is 0 Å². The first-order valence-corrected chi connectivity index (χ1v) is 21.7. The Morgan fingerprint density at radius 2 is 1.69 bits per heavy atom. The molecule has 61 heavy (non-hydrogen) atoms. The number of hydrogen-bond acceptors (Lipinski definition) is 11. The summed E-state index contributed by atoms with van der Waals surface area (Å²) in [6, 6.07) is 23.4. The lowest BCUT2D eigenvalue weighted by atomic mass is 9.81. The average molecular weight is 847 g/mol. The van der Waals surface area contributed by atoms with Gasteiger partial charge in [-0.3, -0.25) is 19.2 Å². The van der Waals surface area contributed by atoms with E-state index in [0.29, 0.717) is 34.6 Å². The number of benzene rings is 3. The highest BCUT2D eigenvalue weighted by atomic mass is 32.2. The lowest BCUT2D eigenvalue weighted by molar-refractivity contribution is -0.159. The van der Waals surface area contributed by atoms with Crippen molar-refractivity contribution in [2.24, 2.45) is 11.8 Å². The second-order valence-corrected chi connectivity index (χ2v) is 18.1. The van der Waals surface area contributed by atoms with Crippen LogP contribution in [0.2, 0.25) is 0 Å². The minimum absolute atomic E-state index is 0.00622. The number of rotatable bonds is 17. The third-order valence-corrected chi connectivity index (χ3v) is 12.3. The number of pyridine rings is 1. The van der Waals surface area contributed by atoms with Crippen molar-refractivity contribution in [3.63, 3.8) is 0 Å². The molecule has 4 radical (unpaired) electrons. The van der Waals surface area contributed by atoms with Gasteiger partial charge in [-0.15, -0.1) is 6.58 Å². The number of carbonyl (C=O) groups excluding carboxylic acids is 4. The van der Waals surface area contributed by atoms with Crippen LogP contribution in [-0.4, -0.2) is 114 Å². The van der Waals surface area contributed by atoms with Crippen molar-refractivity contribution < 1.29 is 41.8 Å². The van der Waals surface area contributed by atoms with Gasteiger partial charge in [0, 0.05) is 56.8 Å². The van der Waals surface area contributed by atoms with E-state index in [1.165, 1.54) is 23.1 Å². The Morgan fingerprint density at radius 3 is 2.30 bits per heavy atom. The first-order chi connectivity index (χ1) is 29.1. The highest BCUT2D eigenvalue weighted by Gasteiger charge is 2.61. The van der Waals surface area contributed by atoms with Crippen LogP contribution in [0.1, 0.15) is 46.5 Å². The third kappa shape index (κ3) is 11.3. The van der Waals surface area contributed by atoms with E-state index in [-0.39, 0.29) is 37.1 Å². The van der Waals surface area contributed by atoms with Gasteiger partial charge in [-0.05, 0) is 71.5 Å². The van der Waals surface area contributed by atoms with Gasteiger partial charge in [0.05, 0.1) is 36.2 Å². The van der Waals surface area contributed by atoms with Crippen LogP contribution in [0.5, 0.6) is 11.5 Å². The summed E-state index contributed by atoms with van der Waals surface area (Å²) in [5.41, 5.74) is -0.204. The molecule has 2 aliphatic rings. The molecule has 3 aromatic carbocycles. The number of hydrogen-bond donors (Lipinski definition) is 2. The Morgan fingerprint density at radius 1 is 1.02 bits per heavy atom. The Bertz CT molecular complexity index is 2330. The first kappa shape index (κ1) is 46.6. The second-order valence-electron chi connectivity index (χ2n) is 16.1. The van der Waals surface area contributed by atoms with Crippen molar-refractivity contribution in [2.45, 2.75) is 74.6 Å². The fourth-order valence-corrected chi connectivity index (χ4v) is 8.93. The van der Waals surface area contributed by atoms with Gasteiger partial charge in [0.15, 0.2) is 15.6 Å². The number of likely N-dealkylation sites (tertiary alicyclic amines) is 1. The summed E-state index contributed by atoms with van der Waals surface area (Å²) in [6.07, 6.45) is 1.07. The predicted octanol–water partition coefficient (Wildman–Crippen LogP) is 4.56. The van der Waals surface area contributed by atoms with E-state index in [4.69, 9.17) is 19.2 Å². The molecule has 16 heteroatoms. The zero-order valence-corrected chi connectivity index (χ0v) is 36.1. The van der Waals surface area contributed by atoms with Gasteiger partial charge in [-0.2, -0.15) is 0 Å². The van der Waals surface area contributed by atoms with Crippen molar-refractivity contribution in [3.05, 3.63) is 97.6 Å². The summed E-state index contributed by atoms with van der Waals surface area (Å²) in [4.78, 5) is 62.5. The van der Waals surface area contributed by atoms with E-state index in [2.05, 4.69) is 32.7 Å². The molecule has 1 saturated heterocycles. The minimum atomic E-state index is -4.03. The van der Waals surface area contributed by atoms with E-state index < -0.39 is 74.3 Å². The monoisotopic (exact) mass is 846 g/mol. The highest BCUT2D eigenvalue weighted by molar-refractivity contribution is 7.92. The van der Waals surface area contributed by atoms with Crippen molar-refractivity contribution in [2.75, 3.05) is 33.0 Å². The van der Waals surface area contributed by atoms with E-state index in [1.54, 1.807) is 65.3 Å². The molecule has 5 atom stereocenters. The van der Waals surface area contributed by atoms with Crippen LogP contribution >= 0.6 is 0 Å². The molecule has 4 aromatic rings. The summed E-state index contributed by atoms with van der Waals surface area (Å²) in [5, 5.41) is 6.60. The largest absolute Gasteiger partial charge is 0.497 e. The van der Waals surface area contributed by atoms with Crippen LogP contribution in [0.4, 0.5) is 0 Å². The maximum absolute atomic E-state index is 14.6. The fraction of sp³-hybridized carbons (Fsp3) is 0.400. The molecule has 318 valence electrons. The molecular weight excluding hydrogens is 794 g/mol. The van der Waals surface area contributed by atoms with Gasteiger partial charge in [0.1, 0.15) is 40.5 Å². The number of nitrogens with zero attached hydrogens (tertiary/aromatic N) is 2. The molecule has 2 N–H and O–H groups in total. The topological polar surface area (TPSA) is 170 Å².